The van der Waals surface area contributed by atoms with E-state index in [9.17, 15) is 0 Å². The van der Waals surface area contributed by atoms with Crippen LogP contribution >= 0.6 is 0 Å². The number of likely N-dealkylation sites (N-methyl/N-ethyl adjacent to an activating group) is 2. The van der Waals surface area contributed by atoms with E-state index in [0.717, 1.165) is 18.0 Å². The van der Waals surface area contributed by atoms with Gasteiger partial charge in [-0.2, -0.15) is 0 Å². The molecule has 0 saturated heterocycles. The van der Waals surface area contributed by atoms with Gasteiger partial charge in [-0.15, -0.1) is 0 Å². The van der Waals surface area contributed by atoms with E-state index in [-0.39, 0.29) is 11.6 Å². The highest BCUT2D eigenvalue weighted by Gasteiger charge is 2.32. The third kappa shape index (κ3) is 3.64. The molecule has 114 valence electrons. The number of ether oxygens (including phenoxy) is 2. The van der Waals surface area contributed by atoms with Gasteiger partial charge in [0.05, 0.1) is 20.3 Å². The molecular formula is C16H28N2O2. The van der Waals surface area contributed by atoms with Gasteiger partial charge in [0.1, 0.15) is 11.5 Å². The van der Waals surface area contributed by atoms with Crippen LogP contribution in [0.3, 0.4) is 0 Å². The normalized spacial score (nSPS) is 13.4. The van der Waals surface area contributed by atoms with E-state index in [1.807, 2.05) is 6.07 Å². The van der Waals surface area contributed by atoms with Gasteiger partial charge in [-0.05, 0) is 52.2 Å². The molecule has 1 N–H and O–H groups in total. The maximum atomic E-state index is 5.38. The molecular weight excluding hydrogens is 252 g/mol. The van der Waals surface area contributed by atoms with Gasteiger partial charge < -0.3 is 19.7 Å². The van der Waals surface area contributed by atoms with Crippen molar-refractivity contribution in [1.29, 1.82) is 0 Å². The minimum absolute atomic E-state index is 0.0343. The number of rotatable bonds is 7. The largest absolute Gasteiger partial charge is 0.497 e. The van der Waals surface area contributed by atoms with Crippen LogP contribution in [0.25, 0.3) is 0 Å². The zero-order valence-corrected chi connectivity index (χ0v) is 13.8. The first-order chi connectivity index (χ1) is 9.36. The molecule has 4 heteroatoms. The van der Waals surface area contributed by atoms with Crippen molar-refractivity contribution in [3.63, 3.8) is 0 Å². The van der Waals surface area contributed by atoms with E-state index >= 15 is 0 Å². The smallest absolute Gasteiger partial charge is 0.122 e. The summed E-state index contributed by atoms with van der Waals surface area (Å²) in [5, 5.41) is 3.57. The summed E-state index contributed by atoms with van der Waals surface area (Å²) in [6, 6.07) is 6.23. The summed E-state index contributed by atoms with van der Waals surface area (Å²) in [6.07, 6.45) is 0. The fourth-order valence-electron chi connectivity index (χ4n) is 2.23. The van der Waals surface area contributed by atoms with Gasteiger partial charge in [0, 0.05) is 11.6 Å². The van der Waals surface area contributed by atoms with Crippen molar-refractivity contribution in [2.24, 2.45) is 0 Å². The summed E-state index contributed by atoms with van der Waals surface area (Å²) >= 11 is 0. The summed E-state index contributed by atoms with van der Waals surface area (Å²) in [5.41, 5.74) is 1.13. The lowest BCUT2D eigenvalue weighted by Gasteiger charge is -2.41. The van der Waals surface area contributed by atoms with Gasteiger partial charge in [-0.3, -0.25) is 0 Å². The highest BCUT2D eigenvalue weighted by atomic mass is 16.5. The van der Waals surface area contributed by atoms with E-state index in [1.54, 1.807) is 14.2 Å². The van der Waals surface area contributed by atoms with Crippen LogP contribution in [0.5, 0.6) is 11.5 Å². The first kappa shape index (κ1) is 16.8. The number of methoxy groups -OCH3 is 2. The molecule has 1 aromatic rings. The number of hydrogen-bond acceptors (Lipinski definition) is 4. The minimum atomic E-state index is -0.0343. The maximum absolute atomic E-state index is 5.38. The summed E-state index contributed by atoms with van der Waals surface area (Å²) in [4.78, 5) is 2.23. The molecule has 0 bridgehead atoms. The summed E-state index contributed by atoms with van der Waals surface area (Å²) in [5.74, 6) is 1.63. The first-order valence-electron chi connectivity index (χ1n) is 7.00. The molecule has 0 spiro atoms. The summed E-state index contributed by atoms with van der Waals surface area (Å²) in [6.45, 7) is 7.48. The van der Waals surface area contributed by atoms with Crippen LogP contribution in [0.15, 0.2) is 18.2 Å². The second-order valence-electron chi connectivity index (χ2n) is 5.68. The molecule has 0 aliphatic rings. The Balaban J connectivity index is 3.27. The molecule has 1 unspecified atom stereocenters. The van der Waals surface area contributed by atoms with Gasteiger partial charge in [0.25, 0.3) is 0 Å². The number of nitrogens with zero attached hydrogens (tertiary/aromatic N) is 1. The Hall–Kier alpha value is -1.26. The molecule has 0 heterocycles. The van der Waals surface area contributed by atoms with Crippen molar-refractivity contribution in [3.8, 4) is 11.5 Å². The fraction of sp³-hybridized carbons (Fsp3) is 0.625. The average molecular weight is 280 g/mol. The van der Waals surface area contributed by atoms with E-state index in [0.29, 0.717) is 0 Å². The SMILES string of the molecule is CCNC(c1cc(OC)cc(OC)c1)C(C)(C)N(C)C. The lowest BCUT2D eigenvalue weighted by Crippen LogP contribution is -2.49. The zero-order valence-electron chi connectivity index (χ0n) is 13.8. The van der Waals surface area contributed by atoms with E-state index in [4.69, 9.17) is 9.47 Å². The summed E-state index contributed by atoms with van der Waals surface area (Å²) < 4.78 is 10.8. The van der Waals surface area contributed by atoms with Crippen LogP contribution < -0.4 is 14.8 Å². The van der Waals surface area contributed by atoms with Crippen molar-refractivity contribution >= 4 is 0 Å². The Kier molecular flexibility index (Phi) is 5.84. The second kappa shape index (κ2) is 6.95. The predicted octanol–water partition coefficient (Wildman–Crippen LogP) is 2.69. The zero-order chi connectivity index (χ0) is 15.3. The van der Waals surface area contributed by atoms with Crippen molar-refractivity contribution in [1.82, 2.24) is 10.2 Å². The van der Waals surface area contributed by atoms with E-state index in [1.165, 1.54) is 5.56 Å². The van der Waals surface area contributed by atoms with Crippen LogP contribution in [0.2, 0.25) is 0 Å². The second-order valence-corrected chi connectivity index (χ2v) is 5.68. The highest BCUT2D eigenvalue weighted by Crippen LogP contribution is 2.34. The molecule has 20 heavy (non-hydrogen) atoms. The molecule has 0 radical (unpaired) electrons. The molecule has 1 atom stereocenters. The fourth-order valence-corrected chi connectivity index (χ4v) is 2.23. The lowest BCUT2D eigenvalue weighted by atomic mass is 9.87. The maximum Gasteiger partial charge on any atom is 0.122 e. The van der Waals surface area contributed by atoms with Crippen LogP contribution in [0.1, 0.15) is 32.4 Å². The van der Waals surface area contributed by atoms with Gasteiger partial charge in [-0.1, -0.05) is 6.92 Å². The molecule has 0 saturated carbocycles. The van der Waals surface area contributed by atoms with E-state index in [2.05, 4.69) is 57.2 Å². The number of nitrogens with one attached hydrogen (secondary N) is 1. The van der Waals surface area contributed by atoms with Gasteiger partial charge in [0.15, 0.2) is 0 Å². The third-order valence-corrected chi connectivity index (χ3v) is 3.97. The van der Waals surface area contributed by atoms with E-state index < -0.39 is 0 Å². The Bertz CT molecular complexity index is 408. The minimum Gasteiger partial charge on any atom is -0.497 e. The number of hydrogen-bond donors (Lipinski definition) is 1. The molecule has 0 fully saturated rings. The highest BCUT2D eigenvalue weighted by molar-refractivity contribution is 5.40. The van der Waals surface area contributed by atoms with Crippen LogP contribution in [0.4, 0.5) is 0 Å². The van der Waals surface area contributed by atoms with Gasteiger partial charge in [-0.25, -0.2) is 0 Å². The van der Waals surface area contributed by atoms with Crippen LogP contribution in [-0.4, -0.2) is 45.3 Å². The summed E-state index contributed by atoms with van der Waals surface area (Å²) in [7, 11) is 7.55. The molecule has 0 amide bonds. The topological polar surface area (TPSA) is 33.7 Å². The van der Waals surface area contributed by atoms with Crippen LogP contribution in [-0.2, 0) is 0 Å². The number of benzene rings is 1. The van der Waals surface area contributed by atoms with Crippen molar-refractivity contribution in [2.45, 2.75) is 32.4 Å². The molecule has 0 aliphatic heterocycles. The van der Waals surface area contributed by atoms with Crippen molar-refractivity contribution in [2.75, 3.05) is 34.9 Å². The van der Waals surface area contributed by atoms with Gasteiger partial charge >= 0.3 is 0 Å². The molecule has 1 aromatic carbocycles. The van der Waals surface area contributed by atoms with Crippen molar-refractivity contribution < 1.29 is 9.47 Å². The lowest BCUT2D eigenvalue weighted by molar-refractivity contribution is 0.138. The monoisotopic (exact) mass is 280 g/mol. The average Bonchev–Trinajstić information content (AvgIpc) is 2.43. The standard InChI is InChI=1S/C16H28N2O2/c1-8-17-15(16(2,3)18(4)5)12-9-13(19-6)11-14(10-12)20-7/h9-11,15,17H,8H2,1-7H3. The third-order valence-electron chi connectivity index (χ3n) is 3.97. The molecule has 4 nitrogen and oxygen atoms in total. The molecule has 0 aliphatic carbocycles. The quantitative estimate of drug-likeness (QED) is 0.832. The van der Waals surface area contributed by atoms with Crippen LogP contribution in [0, 0.1) is 0 Å². The Morgan fingerprint density at radius 3 is 1.95 bits per heavy atom. The van der Waals surface area contributed by atoms with Crippen molar-refractivity contribution in [3.05, 3.63) is 23.8 Å². The Morgan fingerprint density at radius 1 is 1.10 bits per heavy atom. The Labute approximate surface area is 123 Å². The predicted molar refractivity (Wildman–Crippen MR) is 83.7 cm³/mol. The first-order valence-corrected chi connectivity index (χ1v) is 7.00. The molecule has 1 rings (SSSR count). The molecule has 0 aromatic heterocycles. The van der Waals surface area contributed by atoms with Gasteiger partial charge in [0.2, 0.25) is 0 Å². The Morgan fingerprint density at radius 2 is 1.60 bits per heavy atom.